The van der Waals surface area contributed by atoms with Crippen molar-refractivity contribution in [3.8, 4) is 0 Å². The summed E-state index contributed by atoms with van der Waals surface area (Å²) in [7, 11) is 0. The van der Waals surface area contributed by atoms with Crippen LogP contribution in [0.3, 0.4) is 0 Å². The fourth-order valence-corrected chi connectivity index (χ4v) is 1.52. The molecule has 0 spiro atoms. The number of rotatable bonds is 7. The van der Waals surface area contributed by atoms with Crippen LogP contribution in [0.25, 0.3) is 0 Å². The van der Waals surface area contributed by atoms with Crippen molar-refractivity contribution in [1.82, 2.24) is 0 Å². The molecule has 0 bridgehead atoms. The normalized spacial score (nSPS) is 12.7. The molecule has 1 atom stereocenters. The number of hydrogen-bond acceptors (Lipinski definition) is 2. The van der Waals surface area contributed by atoms with Crippen molar-refractivity contribution in [1.29, 1.82) is 0 Å². The van der Waals surface area contributed by atoms with Gasteiger partial charge in [0.2, 0.25) is 0 Å². The van der Waals surface area contributed by atoms with E-state index >= 15 is 0 Å². The van der Waals surface area contributed by atoms with Crippen LogP contribution in [0.1, 0.15) is 30.9 Å². The molecule has 0 saturated carbocycles. The first-order valence-electron chi connectivity index (χ1n) is 6.03. The standard InChI is InChI=1S/C14H22O2/c1-3-4-9-16-11-14(15)10-13-7-5-12(2)6-8-13/h5-8,14-15H,3-4,9-11H2,1-2H3. The van der Waals surface area contributed by atoms with Crippen molar-refractivity contribution in [2.45, 2.75) is 39.2 Å². The lowest BCUT2D eigenvalue weighted by Gasteiger charge is -2.11. The van der Waals surface area contributed by atoms with Gasteiger partial charge < -0.3 is 9.84 Å². The minimum absolute atomic E-state index is 0.389. The van der Waals surface area contributed by atoms with Crippen molar-refractivity contribution in [3.63, 3.8) is 0 Å². The lowest BCUT2D eigenvalue weighted by atomic mass is 10.1. The molecule has 0 radical (unpaired) electrons. The van der Waals surface area contributed by atoms with E-state index in [2.05, 4.69) is 38.1 Å². The van der Waals surface area contributed by atoms with Gasteiger partial charge >= 0.3 is 0 Å². The predicted molar refractivity (Wildman–Crippen MR) is 66.6 cm³/mol. The van der Waals surface area contributed by atoms with Crippen LogP contribution in [-0.4, -0.2) is 24.4 Å². The Morgan fingerprint density at radius 1 is 1.25 bits per heavy atom. The van der Waals surface area contributed by atoms with Gasteiger partial charge in [-0.25, -0.2) is 0 Å². The molecule has 2 nitrogen and oxygen atoms in total. The van der Waals surface area contributed by atoms with Gasteiger partial charge in [-0.2, -0.15) is 0 Å². The fourth-order valence-electron chi connectivity index (χ4n) is 1.52. The molecule has 0 aliphatic rings. The quantitative estimate of drug-likeness (QED) is 0.719. The summed E-state index contributed by atoms with van der Waals surface area (Å²) in [6.45, 7) is 5.38. The molecule has 90 valence electrons. The zero-order valence-corrected chi connectivity index (χ0v) is 10.3. The highest BCUT2D eigenvalue weighted by atomic mass is 16.5. The Morgan fingerprint density at radius 2 is 1.94 bits per heavy atom. The summed E-state index contributed by atoms with van der Waals surface area (Å²) in [4.78, 5) is 0. The van der Waals surface area contributed by atoms with E-state index in [-0.39, 0.29) is 6.10 Å². The summed E-state index contributed by atoms with van der Waals surface area (Å²) in [5.41, 5.74) is 2.41. The SMILES string of the molecule is CCCCOCC(O)Cc1ccc(C)cc1. The summed E-state index contributed by atoms with van der Waals surface area (Å²) >= 11 is 0. The molecular weight excluding hydrogens is 200 g/mol. The Hall–Kier alpha value is -0.860. The highest BCUT2D eigenvalue weighted by Crippen LogP contribution is 2.06. The third-order valence-electron chi connectivity index (χ3n) is 2.54. The van der Waals surface area contributed by atoms with Crippen molar-refractivity contribution < 1.29 is 9.84 Å². The third-order valence-corrected chi connectivity index (χ3v) is 2.54. The average molecular weight is 222 g/mol. The van der Waals surface area contributed by atoms with Gasteiger partial charge in [-0.1, -0.05) is 43.2 Å². The van der Waals surface area contributed by atoms with Gasteiger partial charge in [0.1, 0.15) is 0 Å². The van der Waals surface area contributed by atoms with Crippen LogP contribution in [0.2, 0.25) is 0 Å². The first-order chi connectivity index (χ1) is 7.72. The summed E-state index contributed by atoms with van der Waals surface area (Å²) in [5.74, 6) is 0. The minimum Gasteiger partial charge on any atom is -0.390 e. The first kappa shape index (κ1) is 13.2. The molecular formula is C14H22O2. The van der Waals surface area contributed by atoms with E-state index in [0.29, 0.717) is 13.0 Å². The number of unbranched alkanes of at least 4 members (excludes halogenated alkanes) is 1. The zero-order valence-electron chi connectivity index (χ0n) is 10.3. The van der Waals surface area contributed by atoms with Gasteiger partial charge in [0.25, 0.3) is 0 Å². The Morgan fingerprint density at radius 3 is 2.56 bits per heavy atom. The molecule has 0 aliphatic carbocycles. The molecule has 0 saturated heterocycles. The molecule has 2 heteroatoms. The zero-order chi connectivity index (χ0) is 11.8. The predicted octanol–water partition coefficient (Wildman–Crippen LogP) is 2.72. The van der Waals surface area contributed by atoms with E-state index in [0.717, 1.165) is 25.0 Å². The largest absolute Gasteiger partial charge is 0.390 e. The number of aliphatic hydroxyl groups is 1. The highest BCUT2D eigenvalue weighted by molar-refractivity contribution is 5.21. The fraction of sp³-hybridized carbons (Fsp3) is 0.571. The number of ether oxygens (including phenoxy) is 1. The second-order valence-corrected chi connectivity index (χ2v) is 4.27. The first-order valence-corrected chi connectivity index (χ1v) is 6.03. The lowest BCUT2D eigenvalue weighted by Crippen LogP contribution is -2.18. The van der Waals surface area contributed by atoms with Crippen molar-refractivity contribution in [2.24, 2.45) is 0 Å². The minimum atomic E-state index is -0.389. The van der Waals surface area contributed by atoms with Crippen molar-refractivity contribution in [2.75, 3.05) is 13.2 Å². The highest BCUT2D eigenvalue weighted by Gasteiger charge is 2.05. The van der Waals surface area contributed by atoms with Gasteiger partial charge in [0.05, 0.1) is 12.7 Å². The van der Waals surface area contributed by atoms with Crippen LogP contribution in [0, 0.1) is 6.92 Å². The van der Waals surface area contributed by atoms with Crippen LogP contribution in [0.4, 0.5) is 0 Å². The summed E-state index contributed by atoms with van der Waals surface area (Å²) in [5, 5.41) is 9.75. The van der Waals surface area contributed by atoms with Gasteiger partial charge in [0, 0.05) is 13.0 Å². The second kappa shape index (κ2) is 7.42. The molecule has 1 rings (SSSR count). The van der Waals surface area contributed by atoms with E-state index in [9.17, 15) is 5.11 Å². The molecule has 0 amide bonds. The third kappa shape index (κ3) is 5.29. The Labute approximate surface area is 98.3 Å². The van der Waals surface area contributed by atoms with E-state index in [1.807, 2.05) is 0 Å². The molecule has 0 aliphatic heterocycles. The molecule has 16 heavy (non-hydrogen) atoms. The van der Waals surface area contributed by atoms with Crippen LogP contribution < -0.4 is 0 Å². The average Bonchev–Trinajstić information content (AvgIpc) is 2.28. The number of hydrogen-bond donors (Lipinski definition) is 1. The maximum atomic E-state index is 9.75. The molecule has 1 unspecified atom stereocenters. The Balaban J connectivity index is 2.23. The summed E-state index contributed by atoms with van der Waals surface area (Å²) in [6, 6.07) is 8.26. The molecule has 1 N–H and O–H groups in total. The topological polar surface area (TPSA) is 29.5 Å². The smallest absolute Gasteiger partial charge is 0.0813 e. The molecule has 1 aromatic rings. The van der Waals surface area contributed by atoms with Crippen molar-refractivity contribution in [3.05, 3.63) is 35.4 Å². The lowest BCUT2D eigenvalue weighted by molar-refractivity contribution is 0.0360. The maximum absolute atomic E-state index is 9.75. The van der Waals surface area contributed by atoms with Crippen molar-refractivity contribution >= 4 is 0 Å². The summed E-state index contributed by atoms with van der Waals surface area (Å²) < 4.78 is 5.38. The number of aryl methyl sites for hydroxylation is 1. The Bertz CT molecular complexity index is 279. The summed E-state index contributed by atoms with van der Waals surface area (Å²) in [6.07, 6.45) is 2.48. The number of benzene rings is 1. The van der Waals surface area contributed by atoms with Gasteiger partial charge in [-0.05, 0) is 18.9 Å². The van der Waals surface area contributed by atoms with Gasteiger partial charge in [-0.3, -0.25) is 0 Å². The van der Waals surface area contributed by atoms with Crippen LogP contribution in [0.15, 0.2) is 24.3 Å². The Kier molecular flexibility index (Phi) is 6.12. The second-order valence-electron chi connectivity index (χ2n) is 4.27. The van der Waals surface area contributed by atoms with E-state index in [4.69, 9.17) is 4.74 Å². The molecule has 0 fully saturated rings. The van der Waals surface area contributed by atoms with Gasteiger partial charge in [0.15, 0.2) is 0 Å². The maximum Gasteiger partial charge on any atom is 0.0813 e. The molecule has 0 heterocycles. The van der Waals surface area contributed by atoms with Gasteiger partial charge in [-0.15, -0.1) is 0 Å². The van der Waals surface area contributed by atoms with E-state index in [1.54, 1.807) is 0 Å². The van der Waals surface area contributed by atoms with Crippen LogP contribution in [0.5, 0.6) is 0 Å². The molecule has 0 aromatic heterocycles. The van der Waals surface area contributed by atoms with E-state index < -0.39 is 0 Å². The molecule has 1 aromatic carbocycles. The van der Waals surface area contributed by atoms with Crippen LogP contribution >= 0.6 is 0 Å². The van der Waals surface area contributed by atoms with E-state index in [1.165, 1.54) is 5.56 Å². The monoisotopic (exact) mass is 222 g/mol. The van der Waals surface area contributed by atoms with Crippen LogP contribution in [-0.2, 0) is 11.2 Å². The number of aliphatic hydroxyl groups excluding tert-OH is 1.